The lowest BCUT2D eigenvalue weighted by molar-refractivity contribution is -0.137. The molecule has 2 atom stereocenters. The molecule has 1 aromatic heterocycles. The van der Waals surface area contributed by atoms with E-state index in [0.29, 0.717) is 30.0 Å². The van der Waals surface area contributed by atoms with Crippen LogP contribution in [0.5, 0.6) is 0 Å². The van der Waals surface area contributed by atoms with E-state index in [1.54, 1.807) is 24.3 Å². The molecule has 3 amide bonds. The number of hydrogen-bond acceptors (Lipinski definition) is 5. The predicted octanol–water partition coefficient (Wildman–Crippen LogP) is 4.91. The maximum atomic E-state index is 14.9. The number of alkyl halides is 2. The molecule has 6 rings (SSSR count). The van der Waals surface area contributed by atoms with E-state index in [2.05, 4.69) is 10.3 Å². The first kappa shape index (κ1) is 29.3. The lowest BCUT2D eigenvalue weighted by Crippen LogP contribution is -2.65. The molecule has 0 bridgehead atoms. The van der Waals surface area contributed by atoms with Crippen LogP contribution in [0.1, 0.15) is 55.2 Å². The zero-order valence-electron chi connectivity index (χ0n) is 23.4. The minimum absolute atomic E-state index is 0.00595. The van der Waals surface area contributed by atoms with E-state index in [0.717, 1.165) is 21.9 Å². The molecule has 1 N–H and O–H groups in total. The highest BCUT2D eigenvalue weighted by atomic mass is 19.3. The van der Waals surface area contributed by atoms with E-state index in [1.165, 1.54) is 18.3 Å². The highest BCUT2D eigenvalue weighted by Crippen LogP contribution is 2.47. The number of carbonyl (C=O) groups excluding carboxylic acids is 3. The molecule has 226 valence electrons. The van der Waals surface area contributed by atoms with Gasteiger partial charge in [-0.25, -0.2) is 22.5 Å². The number of aryl methyl sites for hydroxylation is 1. The number of piperidine rings is 1. The summed E-state index contributed by atoms with van der Waals surface area (Å²) in [5.41, 5.74) is -0.861. The molecule has 3 aliphatic rings. The Morgan fingerprint density at radius 2 is 1.77 bits per heavy atom. The SMILES string of the molecule is N#Cc1ccnc(N2C(=O)CCC[C@H]2C(=O)N(c2cc(F)cc(F)c2)[C@@]2(C(=O)NC3CC(F)(F)C3)CCc3ccccc32)c1. The summed E-state index contributed by atoms with van der Waals surface area (Å²) in [7, 11) is 0. The van der Waals surface area contributed by atoms with Gasteiger partial charge in [-0.1, -0.05) is 24.3 Å². The third kappa shape index (κ3) is 5.06. The lowest BCUT2D eigenvalue weighted by atomic mass is 9.83. The highest BCUT2D eigenvalue weighted by molar-refractivity contribution is 6.11. The van der Waals surface area contributed by atoms with Crippen molar-refractivity contribution >= 4 is 29.2 Å². The lowest BCUT2D eigenvalue weighted by Gasteiger charge is -2.46. The zero-order valence-corrected chi connectivity index (χ0v) is 23.4. The first-order valence-corrected chi connectivity index (χ1v) is 14.3. The number of benzene rings is 2. The van der Waals surface area contributed by atoms with E-state index >= 15 is 0 Å². The number of nitriles is 1. The summed E-state index contributed by atoms with van der Waals surface area (Å²) in [5, 5.41) is 12.1. The molecule has 1 saturated heterocycles. The van der Waals surface area contributed by atoms with Crippen LogP contribution in [0.25, 0.3) is 0 Å². The number of amides is 3. The Balaban J connectivity index is 1.52. The number of nitrogens with one attached hydrogen (secondary N) is 1. The molecule has 0 radical (unpaired) electrons. The van der Waals surface area contributed by atoms with Crippen molar-refractivity contribution in [1.82, 2.24) is 10.3 Å². The van der Waals surface area contributed by atoms with E-state index in [4.69, 9.17) is 0 Å². The smallest absolute Gasteiger partial charge is 0.252 e. The molecule has 2 fully saturated rings. The molecule has 1 aliphatic heterocycles. The van der Waals surface area contributed by atoms with Crippen molar-refractivity contribution in [2.75, 3.05) is 9.80 Å². The number of rotatable bonds is 6. The molecule has 12 heteroatoms. The first-order chi connectivity index (χ1) is 21.0. The van der Waals surface area contributed by atoms with Gasteiger partial charge in [-0.05, 0) is 61.1 Å². The third-order valence-electron chi connectivity index (χ3n) is 8.58. The Kier molecular flexibility index (Phi) is 7.35. The number of aromatic nitrogens is 1. The first-order valence-electron chi connectivity index (χ1n) is 14.3. The Morgan fingerprint density at radius 3 is 2.48 bits per heavy atom. The summed E-state index contributed by atoms with van der Waals surface area (Å²) >= 11 is 0. The summed E-state index contributed by atoms with van der Waals surface area (Å²) in [4.78, 5) is 49.0. The van der Waals surface area contributed by atoms with Gasteiger partial charge in [0, 0.05) is 37.6 Å². The van der Waals surface area contributed by atoms with Crippen molar-refractivity contribution in [2.45, 2.75) is 68.5 Å². The fraction of sp³-hybridized carbons (Fsp3) is 0.344. The van der Waals surface area contributed by atoms with Crippen molar-refractivity contribution in [3.8, 4) is 6.07 Å². The van der Waals surface area contributed by atoms with Gasteiger partial charge in [-0.15, -0.1) is 0 Å². The molecule has 3 aromatic rings. The van der Waals surface area contributed by atoms with Crippen LogP contribution in [0.3, 0.4) is 0 Å². The molecule has 44 heavy (non-hydrogen) atoms. The fourth-order valence-corrected chi connectivity index (χ4v) is 6.59. The predicted molar refractivity (Wildman–Crippen MR) is 150 cm³/mol. The van der Waals surface area contributed by atoms with Gasteiger partial charge in [-0.3, -0.25) is 24.2 Å². The van der Waals surface area contributed by atoms with Crippen LogP contribution in [-0.2, 0) is 26.3 Å². The number of carbonyl (C=O) groups is 3. The van der Waals surface area contributed by atoms with Gasteiger partial charge in [-0.2, -0.15) is 5.26 Å². The van der Waals surface area contributed by atoms with Crippen molar-refractivity contribution < 1.29 is 31.9 Å². The minimum Gasteiger partial charge on any atom is -0.351 e. The van der Waals surface area contributed by atoms with Crippen LogP contribution >= 0.6 is 0 Å². The monoisotopic (exact) mass is 605 g/mol. The molecule has 0 unspecified atom stereocenters. The molecule has 2 heterocycles. The summed E-state index contributed by atoms with van der Waals surface area (Å²) in [6, 6.07) is 12.0. The average Bonchev–Trinajstić information content (AvgIpc) is 3.36. The van der Waals surface area contributed by atoms with E-state index in [9.17, 15) is 37.2 Å². The van der Waals surface area contributed by atoms with Gasteiger partial charge >= 0.3 is 0 Å². The van der Waals surface area contributed by atoms with E-state index in [1.807, 2.05) is 6.07 Å². The normalized spacial score (nSPS) is 22.5. The summed E-state index contributed by atoms with van der Waals surface area (Å²) < 4.78 is 57.1. The summed E-state index contributed by atoms with van der Waals surface area (Å²) in [6.45, 7) is 0. The third-order valence-corrected chi connectivity index (χ3v) is 8.58. The van der Waals surface area contributed by atoms with Gasteiger partial charge in [0.1, 0.15) is 23.5 Å². The molecule has 0 spiro atoms. The Hall–Kier alpha value is -4.79. The molecule has 8 nitrogen and oxygen atoms in total. The van der Waals surface area contributed by atoms with Gasteiger partial charge in [0.05, 0.1) is 17.3 Å². The minimum atomic E-state index is -2.94. The number of halogens is 4. The molecule has 1 saturated carbocycles. The van der Waals surface area contributed by atoms with E-state index in [-0.39, 0.29) is 36.3 Å². The number of pyridine rings is 1. The van der Waals surface area contributed by atoms with Crippen LogP contribution in [0, 0.1) is 23.0 Å². The van der Waals surface area contributed by atoms with Crippen LogP contribution in [0.2, 0.25) is 0 Å². The van der Waals surface area contributed by atoms with E-state index < -0.39 is 65.7 Å². The maximum absolute atomic E-state index is 14.9. The van der Waals surface area contributed by atoms with Gasteiger partial charge in [0.15, 0.2) is 5.54 Å². The second kappa shape index (κ2) is 11.0. The fourth-order valence-electron chi connectivity index (χ4n) is 6.59. The number of fused-ring (bicyclic) bond motifs is 1. The largest absolute Gasteiger partial charge is 0.351 e. The van der Waals surface area contributed by atoms with Crippen LogP contribution < -0.4 is 15.1 Å². The van der Waals surface area contributed by atoms with Crippen LogP contribution in [0.15, 0.2) is 60.8 Å². The van der Waals surface area contributed by atoms with Crippen LogP contribution in [-0.4, -0.2) is 40.7 Å². The molecule has 2 aromatic carbocycles. The van der Waals surface area contributed by atoms with Gasteiger partial charge in [0.2, 0.25) is 5.91 Å². The second-order valence-electron chi connectivity index (χ2n) is 11.4. The Morgan fingerprint density at radius 1 is 1.05 bits per heavy atom. The Labute approximate surface area is 250 Å². The summed E-state index contributed by atoms with van der Waals surface area (Å²) in [5.74, 6) is -6.92. The quantitative estimate of drug-likeness (QED) is 0.402. The highest BCUT2D eigenvalue weighted by Gasteiger charge is 2.56. The van der Waals surface area contributed by atoms with Crippen LogP contribution in [0.4, 0.5) is 29.1 Å². The van der Waals surface area contributed by atoms with Crippen molar-refractivity contribution in [3.63, 3.8) is 0 Å². The Bertz CT molecular complexity index is 1680. The second-order valence-corrected chi connectivity index (χ2v) is 11.4. The van der Waals surface area contributed by atoms with Crippen molar-refractivity contribution in [2.24, 2.45) is 0 Å². The van der Waals surface area contributed by atoms with Crippen molar-refractivity contribution in [1.29, 1.82) is 5.26 Å². The average molecular weight is 606 g/mol. The summed E-state index contributed by atoms with van der Waals surface area (Å²) in [6.07, 6.45) is 0.997. The van der Waals surface area contributed by atoms with Gasteiger partial charge < -0.3 is 5.32 Å². The molecular formula is C32H27F4N5O3. The van der Waals surface area contributed by atoms with Gasteiger partial charge in [0.25, 0.3) is 17.7 Å². The number of hydrogen-bond donors (Lipinski definition) is 1. The number of anilines is 2. The topological polar surface area (TPSA) is 106 Å². The maximum Gasteiger partial charge on any atom is 0.252 e. The molecule has 2 aliphatic carbocycles. The van der Waals surface area contributed by atoms with Crippen molar-refractivity contribution in [3.05, 3.63) is 89.1 Å². The zero-order chi connectivity index (χ0) is 31.2. The molecular weight excluding hydrogens is 578 g/mol. The standard InChI is InChI=1S/C32H27F4N5O3/c33-21-13-22(34)15-24(14-21)41(29(43)26-6-3-7-28(42)40(26)27-12-19(18-37)9-11-38-27)32(10-8-20-4-1-2-5-25(20)32)30(44)39-23-16-31(35,36)17-23/h1-2,4-5,9,11-15,23,26H,3,6-8,10,16-17H2,(H,39,44)/t26-,32-/m0/s1. The number of nitrogens with zero attached hydrogens (tertiary/aromatic N) is 4.